The van der Waals surface area contributed by atoms with Crippen molar-refractivity contribution in [3.05, 3.63) is 94.3 Å². The minimum Gasteiger partial charge on any atom is -0.494 e. The highest BCUT2D eigenvalue weighted by molar-refractivity contribution is 5.82. The van der Waals surface area contributed by atoms with E-state index >= 15 is 0 Å². The number of nitrogens with zero attached hydrogens (tertiary/aromatic N) is 3. The quantitative estimate of drug-likeness (QED) is 0.395. The molecule has 32 heavy (non-hydrogen) atoms. The highest BCUT2D eigenvalue weighted by atomic mass is 19.4. The summed E-state index contributed by atoms with van der Waals surface area (Å²) >= 11 is 0. The van der Waals surface area contributed by atoms with E-state index in [1.54, 1.807) is 48.5 Å². The molecule has 0 aliphatic rings. The fourth-order valence-corrected chi connectivity index (χ4v) is 3.19. The summed E-state index contributed by atoms with van der Waals surface area (Å²) in [6.07, 6.45) is -3.08. The van der Waals surface area contributed by atoms with E-state index in [2.05, 4.69) is 10.1 Å². The van der Waals surface area contributed by atoms with Crippen LogP contribution in [0.1, 0.15) is 18.1 Å². The molecule has 162 valence electrons. The Hall–Kier alpha value is -3.94. The van der Waals surface area contributed by atoms with Crippen LogP contribution >= 0.6 is 0 Å². The van der Waals surface area contributed by atoms with Gasteiger partial charge in [0.25, 0.3) is 5.56 Å². The number of fused-ring (bicyclic) bond motifs is 1. The lowest BCUT2D eigenvalue weighted by Gasteiger charge is -2.12. The fraction of sp³-hybridized carbons (Fsp3) is 0.125. The van der Waals surface area contributed by atoms with E-state index < -0.39 is 17.3 Å². The molecule has 0 saturated heterocycles. The van der Waals surface area contributed by atoms with Crippen LogP contribution in [0.4, 0.5) is 13.2 Å². The Balaban J connectivity index is 1.86. The van der Waals surface area contributed by atoms with Crippen molar-refractivity contribution < 1.29 is 17.9 Å². The van der Waals surface area contributed by atoms with Crippen LogP contribution in [0.15, 0.2) is 82.7 Å². The number of halogens is 3. The van der Waals surface area contributed by atoms with Crippen molar-refractivity contribution in [3.8, 4) is 17.1 Å². The molecule has 0 bridgehead atoms. The van der Waals surface area contributed by atoms with E-state index in [0.717, 1.165) is 16.8 Å². The van der Waals surface area contributed by atoms with E-state index in [4.69, 9.17) is 4.74 Å². The first-order valence-electron chi connectivity index (χ1n) is 9.83. The van der Waals surface area contributed by atoms with Crippen molar-refractivity contribution in [3.63, 3.8) is 0 Å². The van der Waals surface area contributed by atoms with Gasteiger partial charge in [-0.15, -0.1) is 0 Å². The first kappa shape index (κ1) is 21.3. The molecule has 0 unspecified atom stereocenters. The maximum atomic E-state index is 13.2. The van der Waals surface area contributed by atoms with Crippen molar-refractivity contribution >= 4 is 17.1 Å². The predicted molar refractivity (Wildman–Crippen MR) is 117 cm³/mol. The van der Waals surface area contributed by atoms with Crippen molar-refractivity contribution in [2.45, 2.75) is 13.1 Å². The van der Waals surface area contributed by atoms with Crippen LogP contribution in [0, 0.1) is 0 Å². The topological polar surface area (TPSA) is 56.5 Å². The van der Waals surface area contributed by atoms with Crippen LogP contribution in [0.3, 0.4) is 0 Å². The Morgan fingerprint density at radius 1 is 1.03 bits per heavy atom. The number of para-hydroxylation sites is 1. The Kier molecular flexibility index (Phi) is 5.77. The highest BCUT2D eigenvalue weighted by Crippen LogP contribution is 2.31. The third kappa shape index (κ3) is 4.39. The summed E-state index contributed by atoms with van der Waals surface area (Å²) in [5.74, 6) is 0.709. The van der Waals surface area contributed by atoms with Crippen molar-refractivity contribution in [2.24, 2.45) is 5.10 Å². The van der Waals surface area contributed by atoms with Crippen LogP contribution in [0.25, 0.3) is 22.3 Å². The summed E-state index contributed by atoms with van der Waals surface area (Å²) in [5.41, 5.74) is -0.128. The van der Waals surface area contributed by atoms with Gasteiger partial charge in [-0.3, -0.25) is 4.79 Å². The average Bonchev–Trinajstić information content (AvgIpc) is 2.79. The van der Waals surface area contributed by atoms with E-state index in [-0.39, 0.29) is 11.4 Å². The molecule has 1 aromatic heterocycles. The normalized spacial score (nSPS) is 11.9. The minimum absolute atomic E-state index is 0.0157. The molecule has 0 saturated carbocycles. The largest absolute Gasteiger partial charge is 0.494 e. The maximum absolute atomic E-state index is 13.2. The average molecular weight is 437 g/mol. The lowest BCUT2D eigenvalue weighted by Crippen LogP contribution is -2.20. The first-order valence-corrected chi connectivity index (χ1v) is 9.83. The van der Waals surface area contributed by atoms with E-state index in [1.165, 1.54) is 18.3 Å². The number of hydrogen-bond acceptors (Lipinski definition) is 4. The van der Waals surface area contributed by atoms with Crippen LogP contribution in [0.5, 0.6) is 5.75 Å². The number of hydrogen-bond donors (Lipinski definition) is 0. The molecule has 1 heterocycles. The molecule has 0 aliphatic carbocycles. The van der Waals surface area contributed by atoms with Gasteiger partial charge < -0.3 is 4.74 Å². The van der Waals surface area contributed by atoms with Crippen LogP contribution in [-0.4, -0.2) is 22.5 Å². The number of rotatable bonds is 5. The predicted octanol–water partition coefficient (Wildman–Crippen LogP) is 5.36. The Morgan fingerprint density at radius 2 is 1.78 bits per heavy atom. The lowest BCUT2D eigenvalue weighted by atomic mass is 10.1. The molecule has 0 atom stereocenters. The van der Waals surface area contributed by atoms with E-state index in [9.17, 15) is 18.0 Å². The van der Waals surface area contributed by atoms with Gasteiger partial charge in [0.05, 0.1) is 29.3 Å². The van der Waals surface area contributed by atoms with Gasteiger partial charge in [-0.1, -0.05) is 24.3 Å². The molecule has 5 nitrogen and oxygen atoms in total. The second kappa shape index (κ2) is 8.66. The lowest BCUT2D eigenvalue weighted by molar-refractivity contribution is -0.137. The molecule has 0 fully saturated rings. The third-order valence-electron chi connectivity index (χ3n) is 4.72. The Bertz CT molecular complexity index is 1340. The van der Waals surface area contributed by atoms with Crippen LogP contribution < -0.4 is 10.3 Å². The summed E-state index contributed by atoms with van der Waals surface area (Å²) in [6, 6.07) is 18.4. The zero-order valence-corrected chi connectivity index (χ0v) is 17.0. The zero-order chi connectivity index (χ0) is 22.7. The second-order valence-electron chi connectivity index (χ2n) is 6.89. The number of ether oxygens (including phenoxy) is 1. The van der Waals surface area contributed by atoms with Gasteiger partial charge in [-0.2, -0.15) is 22.9 Å². The molecule has 3 aromatic carbocycles. The van der Waals surface area contributed by atoms with Gasteiger partial charge in [0.1, 0.15) is 5.75 Å². The first-order chi connectivity index (χ1) is 15.4. The molecule has 0 radical (unpaired) electrons. The Morgan fingerprint density at radius 3 is 2.50 bits per heavy atom. The van der Waals surface area contributed by atoms with Gasteiger partial charge >= 0.3 is 6.18 Å². The molecule has 4 rings (SSSR count). The Labute approximate surface area is 181 Å². The van der Waals surface area contributed by atoms with Crippen LogP contribution in [0.2, 0.25) is 0 Å². The highest BCUT2D eigenvalue weighted by Gasteiger charge is 2.30. The molecular weight excluding hydrogens is 419 g/mol. The molecule has 0 spiro atoms. The SMILES string of the molecule is CCOc1ccc(C=Nn2c(-c3cccc(C(F)(F)F)c3)nc3ccccc3c2=O)cc1. The van der Waals surface area contributed by atoms with Crippen molar-refractivity contribution in [2.75, 3.05) is 6.61 Å². The van der Waals surface area contributed by atoms with Gasteiger partial charge in [-0.05, 0) is 61.0 Å². The fourth-order valence-electron chi connectivity index (χ4n) is 3.19. The summed E-state index contributed by atoms with van der Waals surface area (Å²) in [4.78, 5) is 17.6. The summed E-state index contributed by atoms with van der Waals surface area (Å²) in [7, 11) is 0. The third-order valence-corrected chi connectivity index (χ3v) is 4.72. The monoisotopic (exact) mass is 437 g/mol. The van der Waals surface area contributed by atoms with Crippen LogP contribution in [-0.2, 0) is 6.18 Å². The smallest absolute Gasteiger partial charge is 0.416 e. The van der Waals surface area contributed by atoms with Gasteiger partial charge in [0.15, 0.2) is 5.82 Å². The summed E-state index contributed by atoms with van der Waals surface area (Å²) in [5, 5.41) is 4.58. The minimum atomic E-state index is -4.52. The molecule has 8 heteroatoms. The second-order valence-corrected chi connectivity index (χ2v) is 6.89. The molecule has 0 amide bonds. The van der Waals surface area contributed by atoms with Gasteiger partial charge in [-0.25, -0.2) is 4.98 Å². The van der Waals surface area contributed by atoms with Crippen molar-refractivity contribution in [1.82, 2.24) is 9.66 Å². The van der Waals surface area contributed by atoms with Gasteiger partial charge in [0, 0.05) is 5.56 Å². The molecule has 0 N–H and O–H groups in total. The molecule has 4 aromatic rings. The number of benzene rings is 3. The van der Waals surface area contributed by atoms with E-state index in [1.807, 2.05) is 6.92 Å². The standard InChI is InChI=1S/C24H18F3N3O2/c1-2-32-19-12-10-16(11-13-19)15-28-30-22(17-6-5-7-18(14-17)24(25,26)27)29-21-9-4-3-8-20(21)23(30)31/h3-15H,2H2,1H3. The summed E-state index contributed by atoms with van der Waals surface area (Å²) in [6.45, 7) is 2.41. The zero-order valence-electron chi connectivity index (χ0n) is 17.0. The number of aromatic nitrogens is 2. The van der Waals surface area contributed by atoms with Crippen molar-refractivity contribution in [1.29, 1.82) is 0 Å². The van der Waals surface area contributed by atoms with E-state index in [0.29, 0.717) is 28.8 Å². The molecular formula is C24H18F3N3O2. The number of alkyl halides is 3. The van der Waals surface area contributed by atoms with Gasteiger partial charge in [0.2, 0.25) is 0 Å². The maximum Gasteiger partial charge on any atom is 0.416 e. The molecule has 0 aliphatic heterocycles. The summed E-state index contributed by atoms with van der Waals surface area (Å²) < 4.78 is 46.2.